The predicted molar refractivity (Wildman–Crippen MR) is 65.0 cm³/mol. The van der Waals surface area contributed by atoms with Crippen molar-refractivity contribution in [2.75, 3.05) is 0 Å². The van der Waals surface area contributed by atoms with Gasteiger partial charge in [-0.15, -0.1) is 0 Å². The van der Waals surface area contributed by atoms with Crippen LogP contribution in [0.15, 0.2) is 28.7 Å². The third-order valence-electron chi connectivity index (χ3n) is 3.39. The van der Waals surface area contributed by atoms with Gasteiger partial charge in [0, 0.05) is 4.47 Å². The molecule has 80 valence electrons. The van der Waals surface area contributed by atoms with Crippen LogP contribution < -0.4 is 0 Å². The van der Waals surface area contributed by atoms with E-state index in [9.17, 15) is 4.79 Å². The van der Waals surface area contributed by atoms with Crippen LogP contribution in [0.5, 0.6) is 0 Å². The van der Waals surface area contributed by atoms with Crippen LogP contribution in [0.25, 0.3) is 0 Å². The summed E-state index contributed by atoms with van der Waals surface area (Å²) in [6.45, 7) is 0. The van der Waals surface area contributed by atoms with Gasteiger partial charge in [0.2, 0.25) is 0 Å². The van der Waals surface area contributed by atoms with Crippen LogP contribution in [0.1, 0.15) is 37.7 Å². The van der Waals surface area contributed by atoms with Gasteiger partial charge in [-0.05, 0) is 30.5 Å². The van der Waals surface area contributed by atoms with Gasteiger partial charge in [-0.3, -0.25) is 0 Å². The van der Waals surface area contributed by atoms with Gasteiger partial charge in [0.25, 0.3) is 0 Å². The highest BCUT2D eigenvalue weighted by molar-refractivity contribution is 9.10. The van der Waals surface area contributed by atoms with E-state index >= 15 is 0 Å². The lowest BCUT2D eigenvalue weighted by Gasteiger charge is -2.32. The zero-order valence-corrected chi connectivity index (χ0v) is 10.3. The van der Waals surface area contributed by atoms with Gasteiger partial charge in [-0.25, -0.2) is 0 Å². The smallest absolute Gasteiger partial charge is 0.130 e. The molecular formula is C13H15BrO. The highest BCUT2D eigenvalue weighted by atomic mass is 79.9. The van der Waals surface area contributed by atoms with Gasteiger partial charge < -0.3 is 4.79 Å². The molecule has 1 aliphatic carbocycles. The van der Waals surface area contributed by atoms with E-state index < -0.39 is 0 Å². The van der Waals surface area contributed by atoms with Crippen LogP contribution in [0.3, 0.4) is 0 Å². The first-order valence-electron chi connectivity index (χ1n) is 5.49. The second kappa shape index (κ2) is 4.48. The Balaban J connectivity index is 2.32. The summed E-state index contributed by atoms with van der Waals surface area (Å²) in [6.07, 6.45) is 6.81. The number of halogens is 1. The first kappa shape index (κ1) is 10.9. The van der Waals surface area contributed by atoms with Gasteiger partial charge in [0.1, 0.15) is 6.29 Å². The van der Waals surface area contributed by atoms with E-state index in [2.05, 4.69) is 28.1 Å². The van der Waals surface area contributed by atoms with Crippen molar-refractivity contribution in [3.63, 3.8) is 0 Å². The van der Waals surface area contributed by atoms with Crippen molar-refractivity contribution in [3.8, 4) is 0 Å². The molecule has 2 heteroatoms. The largest absolute Gasteiger partial charge is 0.302 e. The molecule has 1 saturated carbocycles. The standard InChI is InChI=1S/C13H15BrO/c14-12-6-4-11(5-7-12)13(10-15)8-2-1-3-9-13/h4-7,10H,1-3,8-9H2. The van der Waals surface area contributed by atoms with Crippen LogP contribution in [0.2, 0.25) is 0 Å². The fourth-order valence-corrected chi connectivity index (χ4v) is 2.70. The summed E-state index contributed by atoms with van der Waals surface area (Å²) in [5, 5.41) is 0. The average Bonchev–Trinajstić information content (AvgIpc) is 2.31. The van der Waals surface area contributed by atoms with Crippen molar-refractivity contribution in [3.05, 3.63) is 34.3 Å². The highest BCUT2D eigenvalue weighted by Gasteiger charge is 2.33. The van der Waals surface area contributed by atoms with E-state index in [0.29, 0.717) is 0 Å². The SMILES string of the molecule is O=CC1(c2ccc(Br)cc2)CCCCC1. The van der Waals surface area contributed by atoms with Gasteiger partial charge >= 0.3 is 0 Å². The number of rotatable bonds is 2. The first-order valence-corrected chi connectivity index (χ1v) is 6.28. The monoisotopic (exact) mass is 266 g/mol. The summed E-state index contributed by atoms with van der Waals surface area (Å²) < 4.78 is 1.07. The molecule has 0 aliphatic heterocycles. The summed E-state index contributed by atoms with van der Waals surface area (Å²) >= 11 is 3.42. The Morgan fingerprint density at radius 1 is 1.07 bits per heavy atom. The lowest BCUT2D eigenvalue weighted by atomic mass is 9.70. The molecule has 0 N–H and O–H groups in total. The number of benzene rings is 1. The Bertz CT molecular complexity index is 336. The van der Waals surface area contributed by atoms with Crippen LogP contribution in [0.4, 0.5) is 0 Å². The highest BCUT2D eigenvalue weighted by Crippen LogP contribution is 2.37. The molecule has 0 amide bonds. The maximum absolute atomic E-state index is 11.4. The zero-order valence-electron chi connectivity index (χ0n) is 8.71. The molecule has 0 radical (unpaired) electrons. The molecule has 1 fully saturated rings. The van der Waals surface area contributed by atoms with E-state index in [1.54, 1.807) is 0 Å². The van der Waals surface area contributed by atoms with E-state index in [0.717, 1.165) is 23.6 Å². The minimum Gasteiger partial charge on any atom is -0.302 e. The molecule has 0 spiro atoms. The van der Waals surface area contributed by atoms with Crippen molar-refractivity contribution in [1.29, 1.82) is 0 Å². The second-order valence-electron chi connectivity index (χ2n) is 4.34. The molecule has 0 heterocycles. The molecule has 0 aromatic heterocycles. The van der Waals surface area contributed by atoms with E-state index in [1.807, 2.05) is 12.1 Å². The molecule has 0 unspecified atom stereocenters. The Kier molecular flexibility index (Phi) is 3.25. The summed E-state index contributed by atoms with van der Waals surface area (Å²) in [5.41, 5.74) is 0.985. The molecule has 0 bridgehead atoms. The number of aldehydes is 1. The van der Waals surface area contributed by atoms with Crippen LogP contribution >= 0.6 is 15.9 Å². The summed E-state index contributed by atoms with van der Waals surface area (Å²) in [5.74, 6) is 0. The van der Waals surface area contributed by atoms with Gasteiger partial charge in [0.05, 0.1) is 5.41 Å². The number of carbonyl (C=O) groups is 1. The second-order valence-corrected chi connectivity index (χ2v) is 5.26. The van der Waals surface area contributed by atoms with E-state index in [1.165, 1.54) is 24.8 Å². The Morgan fingerprint density at radius 3 is 2.20 bits per heavy atom. The zero-order chi connectivity index (χ0) is 10.7. The molecule has 0 saturated heterocycles. The lowest BCUT2D eigenvalue weighted by molar-refractivity contribution is -0.113. The summed E-state index contributed by atoms with van der Waals surface area (Å²) in [6, 6.07) is 8.19. The third-order valence-corrected chi connectivity index (χ3v) is 3.92. The Labute approximate surface area is 99.0 Å². The van der Waals surface area contributed by atoms with Crippen LogP contribution in [-0.2, 0) is 10.2 Å². The van der Waals surface area contributed by atoms with Crippen molar-refractivity contribution < 1.29 is 4.79 Å². The normalized spacial score (nSPS) is 19.8. The van der Waals surface area contributed by atoms with E-state index in [4.69, 9.17) is 0 Å². The van der Waals surface area contributed by atoms with Crippen molar-refractivity contribution in [2.45, 2.75) is 37.5 Å². The van der Waals surface area contributed by atoms with Crippen molar-refractivity contribution in [2.24, 2.45) is 0 Å². The minimum atomic E-state index is -0.195. The van der Waals surface area contributed by atoms with Gasteiger partial charge in [-0.2, -0.15) is 0 Å². The molecule has 15 heavy (non-hydrogen) atoms. The third kappa shape index (κ3) is 2.15. The number of hydrogen-bond donors (Lipinski definition) is 0. The Hall–Kier alpha value is -0.630. The minimum absolute atomic E-state index is 0.195. The quantitative estimate of drug-likeness (QED) is 0.744. The van der Waals surface area contributed by atoms with Crippen molar-refractivity contribution in [1.82, 2.24) is 0 Å². The van der Waals surface area contributed by atoms with Crippen molar-refractivity contribution >= 4 is 22.2 Å². The fourth-order valence-electron chi connectivity index (χ4n) is 2.44. The maximum atomic E-state index is 11.4. The molecule has 1 aromatic carbocycles. The molecule has 0 atom stereocenters. The Morgan fingerprint density at radius 2 is 1.67 bits per heavy atom. The number of hydrogen-bond acceptors (Lipinski definition) is 1. The number of carbonyl (C=O) groups excluding carboxylic acids is 1. The van der Waals surface area contributed by atoms with Gasteiger partial charge in [-0.1, -0.05) is 47.3 Å². The lowest BCUT2D eigenvalue weighted by Crippen LogP contribution is -2.30. The van der Waals surface area contributed by atoms with Crippen LogP contribution in [-0.4, -0.2) is 6.29 Å². The molecular weight excluding hydrogens is 252 g/mol. The topological polar surface area (TPSA) is 17.1 Å². The van der Waals surface area contributed by atoms with E-state index in [-0.39, 0.29) is 5.41 Å². The molecule has 1 nitrogen and oxygen atoms in total. The predicted octanol–water partition coefficient (Wildman–Crippen LogP) is 3.85. The van der Waals surface area contributed by atoms with Crippen LogP contribution in [0, 0.1) is 0 Å². The average molecular weight is 267 g/mol. The summed E-state index contributed by atoms with van der Waals surface area (Å²) in [4.78, 5) is 11.4. The molecule has 1 aliphatic rings. The fraction of sp³-hybridized carbons (Fsp3) is 0.462. The first-order chi connectivity index (χ1) is 7.27. The molecule has 1 aromatic rings. The van der Waals surface area contributed by atoms with Gasteiger partial charge in [0.15, 0.2) is 0 Å². The maximum Gasteiger partial charge on any atom is 0.130 e. The molecule has 2 rings (SSSR count). The summed E-state index contributed by atoms with van der Waals surface area (Å²) in [7, 11) is 0.